The smallest absolute Gasteiger partial charge is 0.419 e. The number of carbonyl (C=O) groups is 1. The van der Waals surface area contributed by atoms with Gasteiger partial charge in [-0.3, -0.25) is 0 Å². The van der Waals surface area contributed by atoms with Crippen LogP contribution in [-0.4, -0.2) is 12.6 Å². The molecule has 2 aromatic rings. The Labute approximate surface area is 197 Å². The van der Waals surface area contributed by atoms with Gasteiger partial charge in [0, 0.05) is 0 Å². The lowest BCUT2D eigenvalue weighted by Gasteiger charge is -2.26. The van der Waals surface area contributed by atoms with Crippen molar-refractivity contribution in [1.29, 1.82) is 0 Å². The summed E-state index contributed by atoms with van der Waals surface area (Å²) in [6.45, 7) is 4.40. The van der Waals surface area contributed by atoms with Crippen LogP contribution in [0.3, 0.4) is 0 Å². The van der Waals surface area contributed by atoms with Gasteiger partial charge in [-0.15, -0.1) is 0 Å². The second kappa shape index (κ2) is 11.5. The Morgan fingerprint density at radius 3 is 2.29 bits per heavy atom. The minimum Gasteiger partial charge on any atom is -0.494 e. The molecule has 1 aliphatic carbocycles. The molecule has 0 N–H and O–H groups in total. The summed E-state index contributed by atoms with van der Waals surface area (Å²) in [4.78, 5) is 12.4. The number of ether oxygens (including phenoxy) is 2. The summed E-state index contributed by atoms with van der Waals surface area (Å²) in [7, 11) is 0. The highest BCUT2D eigenvalue weighted by atomic mass is 19.4. The summed E-state index contributed by atoms with van der Waals surface area (Å²) in [5.41, 5.74) is -1.64. The van der Waals surface area contributed by atoms with Crippen LogP contribution in [0.5, 0.6) is 11.5 Å². The highest BCUT2D eigenvalue weighted by molar-refractivity contribution is 5.91. The molecule has 1 saturated carbocycles. The molecule has 184 valence electrons. The predicted octanol–water partition coefficient (Wildman–Crippen LogP) is 8.08. The first-order chi connectivity index (χ1) is 16.2. The number of carbonyl (C=O) groups excluding carboxylic acids is 1. The SMILES string of the molecule is CCCC1CCC(C=Cc2ccc(OC(=O)c3ccc(OCC)cc3)c(F)c2C(F)(F)F)CC1. The number of hydrogen-bond acceptors (Lipinski definition) is 3. The first-order valence-corrected chi connectivity index (χ1v) is 11.8. The van der Waals surface area contributed by atoms with E-state index in [-0.39, 0.29) is 17.0 Å². The van der Waals surface area contributed by atoms with E-state index in [1.807, 2.05) is 0 Å². The van der Waals surface area contributed by atoms with Gasteiger partial charge in [0.1, 0.15) is 11.3 Å². The summed E-state index contributed by atoms with van der Waals surface area (Å²) >= 11 is 0. The predicted molar refractivity (Wildman–Crippen MR) is 123 cm³/mol. The second-order valence-corrected chi connectivity index (χ2v) is 8.62. The molecule has 2 aromatic carbocycles. The number of halogens is 4. The van der Waals surface area contributed by atoms with Crippen molar-refractivity contribution in [2.45, 2.75) is 58.5 Å². The number of benzene rings is 2. The average Bonchev–Trinajstić information content (AvgIpc) is 2.80. The van der Waals surface area contributed by atoms with E-state index >= 15 is 0 Å². The Morgan fingerprint density at radius 2 is 1.71 bits per heavy atom. The van der Waals surface area contributed by atoms with E-state index in [2.05, 4.69) is 6.92 Å². The zero-order valence-corrected chi connectivity index (χ0v) is 19.5. The summed E-state index contributed by atoms with van der Waals surface area (Å²) in [6, 6.07) is 8.08. The average molecular weight is 479 g/mol. The van der Waals surface area contributed by atoms with Crippen LogP contribution < -0.4 is 9.47 Å². The topological polar surface area (TPSA) is 35.5 Å². The van der Waals surface area contributed by atoms with Gasteiger partial charge in [-0.05, 0) is 80.3 Å². The van der Waals surface area contributed by atoms with Gasteiger partial charge in [-0.1, -0.05) is 38.0 Å². The summed E-state index contributed by atoms with van der Waals surface area (Å²) in [5, 5.41) is 0. The van der Waals surface area contributed by atoms with Gasteiger partial charge in [0.2, 0.25) is 0 Å². The standard InChI is InChI=1S/C27H30F4O3/c1-3-5-18-6-8-19(9-7-18)10-11-20-14-17-23(25(28)24(20)27(29,30)31)34-26(32)21-12-15-22(16-13-21)33-4-2/h10-19H,3-9H2,1-2H3. The monoisotopic (exact) mass is 478 g/mol. The molecular formula is C27H30F4O3. The highest BCUT2D eigenvalue weighted by Gasteiger charge is 2.38. The molecule has 1 fully saturated rings. The molecule has 3 rings (SSSR count). The molecule has 34 heavy (non-hydrogen) atoms. The molecule has 0 atom stereocenters. The molecule has 0 saturated heterocycles. The normalized spacial score (nSPS) is 18.8. The number of allylic oxidation sites excluding steroid dienone is 1. The fourth-order valence-corrected chi connectivity index (χ4v) is 4.41. The summed E-state index contributed by atoms with van der Waals surface area (Å²) in [5.74, 6) is -1.93. The van der Waals surface area contributed by atoms with Crippen LogP contribution in [-0.2, 0) is 6.18 Å². The zero-order chi connectivity index (χ0) is 24.7. The minimum atomic E-state index is -4.94. The minimum absolute atomic E-state index is 0.0686. The first kappa shape index (κ1) is 25.8. The molecule has 7 heteroatoms. The maximum Gasteiger partial charge on any atom is 0.419 e. The van der Waals surface area contributed by atoms with Crippen molar-refractivity contribution in [3.63, 3.8) is 0 Å². The van der Waals surface area contributed by atoms with Crippen LogP contribution in [0.15, 0.2) is 42.5 Å². The lowest BCUT2D eigenvalue weighted by Crippen LogP contribution is -2.15. The van der Waals surface area contributed by atoms with Crippen LogP contribution in [0.1, 0.15) is 73.9 Å². The second-order valence-electron chi connectivity index (χ2n) is 8.62. The summed E-state index contributed by atoms with van der Waals surface area (Å²) in [6.07, 6.45) is 4.42. The van der Waals surface area contributed by atoms with Gasteiger partial charge < -0.3 is 9.47 Å². The molecule has 0 spiro atoms. The van der Waals surface area contributed by atoms with Crippen molar-refractivity contribution in [2.75, 3.05) is 6.61 Å². The lowest BCUT2D eigenvalue weighted by atomic mass is 9.80. The van der Waals surface area contributed by atoms with Crippen LogP contribution >= 0.6 is 0 Å². The maximum absolute atomic E-state index is 14.9. The van der Waals surface area contributed by atoms with Gasteiger partial charge in [0.15, 0.2) is 11.6 Å². The van der Waals surface area contributed by atoms with Gasteiger partial charge in [0.05, 0.1) is 12.2 Å². The third kappa shape index (κ3) is 6.61. The largest absolute Gasteiger partial charge is 0.494 e. The zero-order valence-electron chi connectivity index (χ0n) is 19.5. The molecule has 0 amide bonds. The van der Waals surface area contributed by atoms with Crippen molar-refractivity contribution < 1.29 is 31.8 Å². The van der Waals surface area contributed by atoms with Crippen molar-refractivity contribution in [2.24, 2.45) is 11.8 Å². The van der Waals surface area contributed by atoms with E-state index < -0.39 is 29.3 Å². The Balaban J connectivity index is 1.77. The molecule has 0 aliphatic heterocycles. The molecule has 3 nitrogen and oxygen atoms in total. The van der Waals surface area contributed by atoms with Crippen LogP contribution in [0.4, 0.5) is 17.6 Å². The Kier molecular flexibility index (Phi) is 8.75. The molecule has 0 heterocycles. The molecular weight excluding hydrogens is 448 g/mol. The van der Waals surface area contributed by atoms with Gasteiger partial charge in [0.25, 0.3) is 0 Å². The quantitative estimate of drug-likeness (QED) is 0.219. The number of esters is 1. The van der Waals surface area contributed by atoms with Crippen molar-refractivity contribution in [3.05, 3.63) is 65.0 Å². The van der Waals surface area contributed by atoms with E-state index in [1.54, 1.807) is 13.0 Å². The van der Waals surface area contributed by atoms with Gasteiger partial charge in [-0.25, -0.2) is 9.18 Å². The number of hydrogen-bond donors (Lipinski definition) is 0. The van der Waals surface area contributed by atoms with Crippen LogP contribution in [0.2, 0.25) is 0 Å². The van der Waals surface area contributed by atoms with Crippen LogP contribution in [0, 0.1) is 17.7 Å². The van der Waals surface area contributed by atoms with E-state index in [0.29, 0.717) is 18.3 Å². The fourth-order valence-electron chi connectivity index (χ4n) is 4.41. The fraction of sp³-hybridized carbons (Fsp3) is 0.444. The summed E-state index contributed by atoms with van der Waals surface area (Å²) < 4.78 is 66.4. The lowest BCUT2D eigenvalue weighted by molar-refractivity contribution is -0.140. The Morgan fingerprint density at radius 1 is 1.03 bits per heavy atom. The molecule has 0 unspecified atom stereocenters. The molecule has 0 bridgehead atoms. The van der Waals surface area contributed by atoms with Gasteiger partial charge in [-0.2, -0.15) is 13.2 Å². The van der Waals surface area contributed by atoms with Crippen molar-refractivity contribution in [1.82, 2.24) is 0 Å². The molecule has 1 aliphatic rings. The third-order valence-electron chi connectivity index (χ3n) is 6.16. The Bertz CT molecular complexity index is 988. The molecule has 0 radical (unpaired) electrons. The van der Waals surface area contributed by atoms with E-state index in [9.17, 15) is 22.4 Å². The van der Waals surface area contributed by atoms with Crippen molar-refractivity contribution >= 4 is 12.0 Å². The van der Waals surface area contributed by atoms with Crippen LogP contribution in [0.25, 0.3) is 6.08 Å². The number of alkyl halides is 3. The first-order valence-electron chi connectivity index (χ1n) is 11.8. The molecule has 0 aromatic heterocycles. The van der Waals surface area contributed by atoms with E-state index in [0.717, 1.165) is 44.2 Å². The Hall–Kier alpha value is -2.83. The number of rotatable bonds is 8. The van der Waals surface area contributed by atoms with E-state index in [4.69, 9.17) is 9.47 Å². The van der Waals surface area contributed by atoms with Crippen molar-refractivity contribution in [3.8, 4) is 11.5 Å². The van der Waals surface area contributed by atoms with Gasteiger partial charge >= 0.3 is 12.1 Å². The highest BCUT2D eigenvalue weighted by Crippen LogP contribution is 2.39. The third-order valence-corrected chi connectivity index (χ3v) is 6.16. The maximum atomic E-state index is 14.9. The van der Waals surface area contributed by atoms with E-state index in [1.165, 1.54) is 36.8 Å².